The average Bonchev–Trinajstić information content (AvgIpc) is 2.16. The lowest BCUT2D eigenvalue weighted by atomic mass is 10.1. The summed E-state index contributed by atoms with van der Waals surface area (Å²) in [6.07, 6.45) is -1.12. The lowest BCUT2D eigenvalue weighted by Gasteiger charge is -2.11. The Morgan fingerprint density at radius 3 is 2.56 bits per heavy atom. The Hall–Kier alpha value is -1.59. The molecule has 1 aromatic carbocycles. The van der Waals surface area contributed by atoms with Crippen LogP contribution in [0.25, 0.3) is 0 Å². The molecule has 5 heteroatoms. The minimum Gasteiger partial charge on any atom is -0.496 e. The van der Waals surface area contributed by atoms with Gasteiger partial charge in [0.1, 0.15) is 11.3 Å². The number of carbonyl (C=O) groups excluding carboxylic acids is 1. The number of aliphatic hydroxyl groups is 1. The molecule has 0 aliphatic rings. The highest BCUT2D eigenvalue weighted by Gasteiger charge is 2.16. The Kier molecular flexibility index (Phi) is 5.49. The average molecular weight is 227 g/mol. The predicted molar refractivity (Wildman–Crippen MR) is 59.8 cm³/mol. The van der Waals surface area contributed by atoms with Crippen molar-refractivity contribution < 1.29 is 19.4 Å². The summed E-state index contributed by atoms with van der Waals surface area (Å²) >= 11 is 0. The number of benzene rings is 1. The number of hydrogen-bond acceptors (Lipinski definition) is 5. The minimum absolute atomic E-state index is 0. The van der Waals surface area contributed by atoms with Gasteiger partial charge in [0.05, 0.1) is 7.11 Å². The Bertz CT molecular complexity index is 363. The van der Waals surface area contributed by atoms with E-state index in [4.69, 9.17) is 9.84 Å². The Labute approximate surface area is 94.6 Å². The van der Waals surface area contributed by atoms with Crippen molar-refractivity contribution >= 4 is 5.97 Å². The number of carbonyl (C=O) groups is 1. The number of para-hydroxylation sites is 1. The van der Waals surface area contributed by atoms with Crippen molar-refractivity contribution in [3.63, 3.8) is 0 Å². The molecule has 0 aromatic heterocycles. The first-order valence-electron chi connectivity index (χ1n) is 4.59. The first kappa shape index (κ1) is 14.4. The second-order valence-corrected chi connectivity index (χ2v) is 3.16. The summed E-state index contributed by atoms with van der Waals surface area (Å²) in [5, 5.41) is 8.93. The second-order valence-electron chi connectivity index (χ2n) is 3.16. The van der Waals surface area contributed by atoms with E-state index in [1.54, 1.807) is 12.1 Å². The van der Waals surface area contributed by atoms with Gasteiger partial charge in [-0.1, -0.05) is 12.1 Å². The van der Waals surface area contributed by atoms with Crippen molar-refractivity contribution in [2.24, 2.45) is 0 Å². The number of rotatable bonds is 3. The summed E-state index contributed by atoms with van der Waals surface area (Å²) in [4.78, 5) is 11.5. The zero-order valence-electron chi connectivity index (χ0n) is 9.69. The zero-order valence-corrected chi connectivity index (χ0v) is 9.69. The highest BCUT2D eigenvalue weighted by molar-refractivity contribution is 5.93. The van der Waals surface area contributed by atoms with Crippen LogP contribution in [0.3, 0.4) is 0 Å². The first-order chi connectivity index (χ1) is 7.06. The first-order valence-corrected chi connectivity index (χ1v) is 4.59. The van der Waals surface area contributed by atoms with Crippen LogP contribution in [0.5, 0.6) is 5.75 Å². The molecular weight excluding hydrogens is 210 g/mol. The SMILES string of the molecule is COc1c(C)cccc1C(=O)OC(C)O.N. The second kappa shape index (κ2) is 6.09. The van der Waals surface area contributed by atoms with Crippen LogP contribution in [-0.2, 0) is 4.74 Å². The number of hydrogen-bond donors (Lipinski definition) is 2. The van der Waals surface area contributed by atoms with Gasteiger partial charge < -0.3 is 20.7 Å². The van der Waals surface area contributed by atoms with Gasteiger partial charge in [0.25, 0.3) is 0 Å². The van der Waals surface area contributed by atoms with Crippen LogP contribution in [-0.4, -0.2) is 24.5 Å². The van der Waals surface area contributed by atoms with E-state index in [0.29, 0.717) is 11.3 Å². The Morgan fingerprint density at radius 2 is 2.06 bits per heavy atom. The number of aryl methyl sites for hydroxylation is 1. The Morgan fingerprint density at radius 1 is 1.44 bits per heavy atom. The lowest BCUT2D eigenvalue weighted by molar-refractivity contribution is -0.0524. The van der Waals surface area contributed by atoms with E-state index in [2.05, 4.69) is 4.74 Å². The molecule has 0 aliphatic carbocycles. The molecule has 0 heterocycles. The monoisotopic (exact) mass is 227 g/mol. The summed E-state index contributed by atoms with van der Waals surface area (Å²) in [5.41, 5.74) is 1.16. The summed E-state index contributed by atoms with van der Waals surface area (Å²) in [6, 6.07) is 5.16. The van der Waals surface area contributed by atoms with E-state index in [1.165, 1.54) is 14.0 Å². The number of ether oxygens (including phenoxy) is 2. The van der Waals surface area contributed by atoms with Crippen molar-refractivity contribution in [1.82, 2.24) is 6.15 Å². The molecule has 0 spiro atoms. The van der Waals surface area contributed by atoms with Gasteiger partial charge in [-0.2, -0.15) is 0 Å². The molecule has 1 aromatic rings. The van der Waals surface area contributed by atoms with E-state index in [0.717, 1.165) is 5.56 Å². The maximum absolute atomic E-state index is 11.5. The quantitative estimate of drug-likeness (QED) is 0.605. The molecule has 90 valence electrons. The molecule has 5 nitrogen and oxygen atoms in total. The molecule has 0 saturated carbocycles. The molecule has 1 unspecified atom stereocenters. The van der Waals surface area contributed by atoms with Gasteiger partial charge in [-0.3, -0.25) is 0 Å². The number of aliphatic hydroxyl groups excluding tert-OH is 1. The van der Waals surface area contributed by atoms with Crippen LogP contribution in [0.4, 0.5) is 0 Å². The molecule has 4 N–H and O–H groups in total. The fourth-order valence-corrected chi connectivity index (χ4v) is 1.30. The number of methoxy groups -OCH3 is 1. The van der Waals surface area contributed by atoms with Gasteiger partial charge in [0.2, 0.25) is 0 Å². The van der Waals surface area contributed by atoms with Crippen molar-refractivity contribution in [3.8, 4) is 5.75 Å². The third-order valence-corrected chi connectivity index (χ3v) is 1.91. The normalized spacial score (nSPS) is 11.2. The molecule has 0 aliphatic heterocycles. The van der Waals surface area contributed by atoms with E-state index in [1.807, 2.05) is 13.0 Å². The van der Waals surface area contributed by atoms with Gasteiger partial charge in [-0.05, 0) is 25.5 Å². The maximum atomic E-state index is 11.5. The van der Waals surface area contributed by atoms with E-state index in [9.17, 15) is 4.79 Å². The van der Waals surface area contributed by atoms with Crippen LogP contribution in [0, 0.1) is 6.92 Å². The van der Waals surface area contributed by atoms with Crippen LogP contribution in [0.2, 0.25) is 0 Å². The van der Waals surface area contributed by atoms with Crippen LogP contribution < -0.4 is 10.9 Å². The van der Waals surface area contributed by atoms with E-state index < -0.39 is 12.3 Å². The minimum atomic E-state index is -1.12. The topological polar surface area (TPSA) is 90.8 Å². The van der Waals surface area contributed by atoms with Crippen molar-refractivity contribution in [2.75, 3.05) is 7.11 Å². The molecule has 0 radical (unpaired) electrons. The van der Waals surface area contributed by atoms with Gasteiger partial charge >= 0.3 is 5.97 Å². The van der Waals surface area contributed by atoms with E-state index >= 15 is 0 Å². The van der Waals surface area contributed by atoms with Gasteiger partial charge in [0.15, 0.2) is 6.29 Å². The van der Waals surface area contributed by atoms with E-state index in [-0.39, 0.29) is 6.15 Å². The summed E-state index contributed by atoms with van der Waals surface area (Å²) < 4.78 is 9.77. The molecule has 16 heavy (non-hydrogen) atoms. The molecule has 0 bridgehead atoms. The zero-order chi connectivity index (χ0) is 11.4. The van der Waals surface area contributed by atoms with Crippen LogP contribution in [0.1, 0.15) is 22.8 Å². The van der Waals surface area contributed by atoms with Gasteiger partial charge in [0, 0.05) is 0 Å². The summed E-state index contributed by atoms with van der Waals surface area (Å²) in [6.45, 7) is 3.21. The molecule has 0 saturated heterocycles. The Balaban J connectivity index is 0.00000225. The van der Waals surface area contributed by atoms with Gasteiger partial charge in [-0.15, -0.1) is 0 Å². The van der Waals surface area contributed by atoms with Crippen molar-refractivity contribution in [3.05, 3.63) is 29.3 Å². The van der Waals surface area contributed by atoms with Crippen LogP contribution in [0.15, 0.2) is 18.2 Å². The standard InChI is InChI=1S/C11H14O4.H3N/c1-7-5-4-6-9(10(7)14-3)11(13)15-8(2)12;/h4-6,8,12H,1-3H3;1H3. The lowest BCUT2D eigenvalue weighted by Crippen LogP contribution is -2.15. The molecule has 0 amide bonds. The largest absolute Gasteiger partial charge is 0.496 e. The smallest absolute Gasteiger partial charge is 0.344 e. The third kappa shape index (κ3) is 3.22. The third-order valence-electron chi connectivity index (χ3n) is 1.91. The predicted octanol–water partition coefficient (Wildman–Crippen LogP) is 1.66. The fraction of sp³-hybridized carbons (Fsp3) is 0.364. The summed E-state index contributed by atoms with van der Waals surface area (Å²) in [5.74, 6) is -0.117. The highest BCUT2D eigenvalue weighted by Crippen LogP contribution is 2.23. The molecule has 0 fully saturated rings. The highest BCUT2D eigenvalue weighted by atomic mass is 16.6. The molecular formula is C11H17NO4. The molecule has 1 rings (SSSR count). The van der Waals surface area contributed by atoms with Gasteiger partial charge in [-0.25, -0.2) is 4.79 Å². The molecule has 1 atom stereocenters. The fourth-order valence-electron chi connectivity index (χ4n) is 1.30. The van der Waals surface area contributed by atoms with Crippen molar-refractivity contribution in [1.29, 1.82) is 0 Å². The number of esters is 1. The van der Waals surface area contributed by atoms with Crippen LogP contribution >= 0.6 is 0 Å². The maximum Gasteiger partial charge on any atom is 0.344 e. The summed E-state index contributed by atoms with van der Waals surface area (Å²) in [7, 11) is 1.49. The van der Waals surface area contributed by atoms with Crippen molar-refractivity contribution in [2.45, 2.75) is 20.1 Å².